The van der Waals surface area contributed by atoms with E-state index in [0.717, 1.165) is 28.1 Å². The Morgan fingerprint density at radius 1 is 0.917 bits per heavy atom. The van der Waals surface area contributed by atoms with E-state index in [4.69, 9.17) is 9.52 Å². The van der Waals surface area contributed by atoms with Gasteiger partial charge in [0.2, 0.25) is 5.89 Å². The molecule has 1 aromatic heterocycles. The number of aliphatic hydroxyl groups excluding tert-OH is 1. The fourth-order valence-corrected chi connectivity index (χ4v) is 2.35. The van der Waals surface area contributed by atoms with E-state index in [0.29, 0.717) is 5.89 Å². The third kappa shape index (κ3) is 3.89. The minimum Gasteiger partial charge on any atom is -0.441 e. The molecule has 3 heteroatoms. The first-order valence-corrected chi connectivity index (χ1v) is 7.84. The molecule has 0 saturated carbocycles. The molecule has 0 fully saturated rings. The molecule has 1 N–H and O–H groups in total. The lowest BCUT2D eigenvalue weighted by Crippen LogP contribution is -1.79. The molecule has 1 heterocycles. The number of oxazole rings is 1. The van der Waals surface area contributed by atoms with Gasteiger partial charge in [-0.05, 0) is 36.3 Å². The van der Waals surface area contributed by atoms with Crippen LogP contribution in [0.4, 0.5) is 0 Å². The molecule has 0 aliphatic rings. The molecule has 0 amide bonds. The third-order valence-corrected chi connectivity index (χ3v) is 3.64. The number of hydrogen-bond donors (Lipinski definition) is 1. The zero-order valence-corrected chi connectivity index (χ0v) is 13.5. The average molecular weight is 317 g/mol. The molecule has 3 nitrogen and oxygen atoms in total. The van der Waals surface area contributed by atoms with E-state index in [1.807, 2.05) is 79.7 Å². The third-order valence-electron chi connectivity index (χ3n) is 3.64. The summed E-state index contributed by atoms with van der Waals surface area (Å²) in [6.07, 6.45) is 7.58. The Hall–Kier alpha value is -2.91. The molecule has 0 spiro atoms. The van der Waals surface area contributed by atoms with Crippen LogP contribution in [0.25, 0.3) is 29.7 Å². The van der Waals surface area contributed by atoms with E-state index in [1.165, 1.54) is 0 Å². The summed E-state index contributed by atoms with van der Waals surface area (Å²) in [4.78, 5) is 4.56. The van der Waals surface area contributed by atoms with Crippen LogP contribution in [0.15, 0.2) is 65.1 Å². The van der Waals surface area contributed by atoms with E-state index in [1.54, 1.807) is 6.08 Å². The van der Waals surface area contributed by atoms with E-state index >= 15 is 0 Å². The zero-order valence-electron chi connectivity index (χ0n) is 13.5. The van der Waals surface area contributed by atoms with Gasteiger partial charge in [-0.15, -0.1) is 0 Å². The van der Waals surface area contributed by atoms with Crippen molar-refractivity contribution in [3.8, 4) is 11.5 Å². The molecule has 3 rings (SSSR count). The van der Waals surface area contributed by atoms with Crippen LogP contribution < -0.4 is 0 Å². The summed E-state index contributed by atoms with van der Waals surface area (Å²) >= 11 is 0. The largest absolute Gasteiger partial charge is 0.441 e. The van der Waals surface area contributed by atoms with Crippen LogP contribution in [-0.2, 0) is 0 Å². The highest BCUT2D eigenvalue weighted by molar-refractivity contribution is 5.70. The number of nitrogens with zero attached hydrogens (tertiary/aromatic N) is 1. The van der Waals surface area contributed by atoms with Crippen molar-refractivity contribution in [2.45, 2.75) is 6.92 Å². The second-order valence-electron chi connectivity index (χ2n) is 5.41. The quantitative estimate of drug-likeness (QED) is 0.733. The Bertz CT molecular complexity index is 843. The molecule has 2 aromatic carbocycles. The SMILES string of the molecule is Cc1oc(-c2ccccc2)nc1/C=C/c1ccc(/C=C/CO)cc1. The Labute approximate surface area is 141 Å². The minimum atomic E-state index is 0.0524. The summed E-state index contributed by atoms with van der Waals surface area (Å²) in [6.45, 7) is 1.97. The number of rotatable bonds is 5. The summed E-state index contributed by atoms with van der Waals surface area (Å²) in [6, 6.07) is 18.0. The van der Waals surface area contributed by atoms with E-state index in [-0.39, 0.29) is 6.61 Å². The van der Waals surface area contributed by atoms with Crippen LogP contribution in [0, 0.1) is 6.92 Å². The molecule has 0 bridgehead atoms. The molecule has 0 aliphatic carbocycles. The van der Waals surface area contributed by atoms with E-state index < -0.39 is 0 Å². The van der Waals surface area contributed by atoms with E-state index in [2.05, 4.69) is 4.98 Å². The lowest BCUT2D eigenvalue weighted by Gasteiger charge is -1.95. The fraction of sp³-hybridized carbons (Fsp3) is 0.0952. The molecule has 0 radical (unpaired) electrons. The fourth-order valence-electron chi connectivity index (χ4n) is 2.35. The molecular weight excluding hydrogens is 298 g/mol. The summed E-state index contributed by atoms with van der Waals surface area (Å²) in [5.74, 6) is 1.44. The molecule has 0 atom stereocenters. The number of benzene rings is 2. The minimum absolute atomic E-state index is 0.0524. The zero-order chi connectivity index (χ0) is 16.8. The van der Waals surface area contributed by atoms with Crippen molar-refractivity contribution in [1.29, 1.82) is 0 Å². The van der Waals surface area contributed by atoms with Crippen molar-refractivity contribution in [3.63, 3.8) is 0 Å². The van der Waals surface area contributed by atoms with Crippen LogP contribution >= 0.6 is 0 Å². The first-order chi connectivity index (χ1) is 11.8. The first-order valence-electron chi connectivity index (χ1n) is 7.84. The van der Waals surface area contributed by atoms with Gasteiger partial charge in [0, 0.05) is 5.56 Å². The van der Waals surface area contributed by atoms with Gasteiger partial charge in [-0.25, -0.2) is 4.98 Å². The van der Waals surface area contributed by atoms with Gasteiger partial charge in [0.1, 0.15) is 11.5 Å². The Morgan fingerprint density at radius 3 is 2.25 bits per heavy atom. The molecule has 0 unspecified atom stereocenters. The van der Waals surface area contributed by atoms with Crippen molar-refractivity contribution in [3.05, 3.63) is 83.3 Å². The molecule has 0 aliphatic heterocycles. The molecule has 3 aromatic rings. The monoisotopic (exact) mass is 317 g/mol. The number of aryl methyl sites for hydroxylation is 1. The standard InChI is InChI=1S/C21H19NO2/c1-16-20(22-21(24-16)19-7-3-2-4-8-19)14-13-18-11-9-17(10-12-18)6-5-15-23/h2-14,23H,15H2,1H3/b6-5+,14-13+. The predicted molar refractivity (Wildman–Crippen MR) is 98.2 cm³/mol. The van der Waals surface area contributed by atoms with Crippen LogP contribution in [0.1, 0.15) is 22.6 Å². The topological polar surface area (TPSA) is 46.3 Å². The lowest BCUT2D eigenvalue weighted by atomic mass is 10.1. The number of aromatic nitrogens is 1. The highest BCUT2D eigenvalue weighted by Gasteiger charge is 2.08. The van der Waals surface area contributed by atoms with Gasteiger partial charge < -0.3 is 9.52 Å². The average Bonchev–Trinajstić information content (AvgIpc) is 3.01. The van der Waals surface area contributed by atoms with Gasteiger partial charge in [-0.3, -0.25) is 0 Å². The second-order valence-corrected chi connectivity index (χ2v) is 5.41. The van der Waals surface area contributed by atoms with Crippen molar-refractivity contribution in [2.24, 2.45) is 0 Å². The molecule has 24 heavy (non-hydrogen) atoms. The van der Waals surface area contributed by atoms with Gasteiger partial charge in [-0.2, -0.15) is 0 Å². The van der Waals surface area contributed by atoms with Crippen molar-refractivity contribution in [2.75, 3.05) is 6.61 Å². The smallest absolute Gasteiger partial charge is 0.226 e. The van der Waals surface area contributed by atoms with Crippen molar-refractivity contribution >= 4 is 18.2 Å². The summed E-state index contributed by atoms with van der Waals surface area (Å²) in [5.41, 5.74) is 3.95. The van der Waals surface area contributed by atoms with Crippen LogP contribution in [-0.4, -0.2) is 16.7 Å². The Balaban J connectivity index is 1.77. The van der Waals surface area contributed by atoms with Crippen molar-refractivity contribution in [1.82, 2.24) is 4.98 Å². The Morgan fingerprint density at radius 2 is 1.58 bits per heavy atom. The van der Waals surface area contributed by atoms with Crippen LogP contribution in [0.5, 0.6) is 0 Å². The summed E-state index contributed by atoms with van der Waals surface area (Å²) in [5, 5.41) is 8.79. The van der Waals surface area contributed by atoms with Gasteiger partial charge in [0.15, 0.2) is 0 Å². The lowest BCUT2D eigenvalue weighted by molar-refractivity contribution is 0.343. The van der Waals surface area contributed by atoms with Crippen LogP contribution in [0.2, 0.25) is 0 Å². The second kappa shape index (κ2) is 7.57. The highest BCUT2D eigenvalue weighted by Crippen LogP contribution is 2.22. The van der Waals surface area contributed by atoms with Gasteiger partial charge >= 0.3 is 0 Å². The normalized spacial score (nSPS) is 11.6. The van der Waals surface area contributed by atoms with Crippen molar-refractivity contribution < 1.29 is 9.52 Å². The van der Waals surface area contributed by atoms with Gasteiger partial charge in [-0.1, -0.05) is 60.7 Å². The van der Waals surface area contributed by atoms with Gasteiger partial charge in [0.25, 0.3) is 0 Å². The number of hydrogen-bond acceptors (Lipinski definition) is 3. The van der Waals surface area contributed by atoms with E-state index in [9.17, 15) is 0 Å². The maximum Gasteiger partial charge on any atom is 0.226 e. The summed E-state index contributed by atoms with van der Waals surface area (Å²) < 4.78 is 5.76. The first kappa shape index (κ1) is 16.0. The maximum absolute atomic E-state index is 8.79. The molecule has 0 saturated heterocycles. The number of aliphatic hydroxyl groups is 1. The van der Waals surface area contributed by atoms with Crippen LogP contribution in [0.3, 0.4) is 0 Å². The Kier molecular flexibility index (Phi) is 5.04. The summed E-state index contributed by atoms with van der Waals surface area (Å²) in [7, 11) is 0. The van der Waals surface area contributed by atoms with Gasteiger partial charge in [0.05, 0.1) is 6.61 Å². The molecular formula is C21H19NO2. The predicted octanol–water partition coefficient (Wildman–Crippen LogP) is 4.83. The maximum atomic E-state index is 8.79. The molecule has 120 valence electrons. The highest BCUT2D eigenvalue weighted by atomic mass is 16.4.